The van der Waals surface area contributed by atoms with Gasteiger partial charge >= 0.3 is 0 Å². The van der Waals surface area contributed by atoms with Crippen LogP contribution < -0.4 is 20.7 Å². The molecule has 63 heavy (non-hydrogen) atoms. The molecule has 1 unspecified atom stereocenters. The van der Waals surface area contributed by atoms with Crippen LogP contribution in [-0.2, 0) is 31.0 Å². The summed E-state index contributed by atoms with van der Waals surface area (Å²) in [5.41, 5.74) is 2.02. The van der Waals surface area contributed by atoms with Crippen molar-refractivity contribution in [1.29, 1.82) is 0 Å². The van der Waals surface area contributed by atoms with Crippen LogP contribution in [0.2, 0.25) is 0 Å². The number of sulfonamides is 1. The molecule has 5 N–H and O–H groups in total. The number of anilines is 2. The molecule has 0 aliphatic carbocycles. The van der Waals surface area contributed by atoms with Crippen molar-refractivity contribution in [2.24, 2.45) is 0 Å². The Morgan fingerprint density at radius 1 is 0.905 bits per heavy atom. The van der Waals surface area contributed by atoms with E-state index in [4.69, 9.17) is 0 Å². The van der Waals surface area contributed by atoms with E-state index in [9.17, 15) is 41.6 Å². The smallest absolute Gasteiger partial charge is 0.264 e. The Bertz CT molecular complexity index is 2740. The van der Waals surface area contributed by atoms with Crippen molar-refractivity contribution in [2.45, 2.75) is 77.3 Å². The van der Waals surface area contributed by atoms with Gasteiger partial charge in [-0.25, -0.2) is 22.2 Å². The van der Waals surface area contributed by atoms with Gasteiger partial charge in [-0.2, -0.15) is 0 Å². The predicted octanol–water partition coefficient (Wildman–Crippen LogP) is 6.36. The van der Waals surface area contributed by atoms with Gasteiger partial charge in [0.2, 0.25) is 33.5 Å². The summed E-state index contributed by atoms with van der Waals surface area (Å²) >= 11 is 0. The summed E-state index contributed by atoms with van der Waals surface area (Å²) in [7, 11) is -3.91. The Morgan fingerprint density at radius 2 is 1.67 bits per heavy atom. The van der Waals surface area contributed by atoms with Crippen LogP contribution in [0.5, 0.6) is 0 Å². The van der Waals surface area contributed by atoms with E-state index in [-0.39, 0.29) is 47.6 Å². The summed E-state index contributed by atoms with van der Waals surface area (Å²) < 4.78 is 57.0. The van der Waals surface area contributed by atoms with Crippen LogP contribution in [0.15, 0.2) is 73.1 Å². The Hall–Kier alpha value is -6.82. The number of benzene rings is 3. The number of imide groups is 2. The van der Waals surface area contributed by atoms with Crippen LogP contribution in [0.25, 0.3) is 22.2 Å². The first-order valence-corrected chi connectivity index (χ1v) is 22.4. The highest BCUT2D eigenvalue weighted by molar-refractivity contribution is 7.92. The lowest BCUT2D eigenvalue weighted by molar-refractivity contribution is -0.136. The number of amides is 5. The SMILES string of the molecule is CCCS(=O)(=O)Nc1ccc(F)c(C(=O)c2c[nH]c3ncc(-c4ccc(CNC(=O)CCCCCCCNc5cccc6c5C(=O)N(C5CCC(=O)NC5=O)C6=O)cc4)cc23)c1F. The van der Waals surface area contributed by atoms with Crippen LogP contribution in [0.3, 0.4) is 0 Å². The molecule has 1 saturated heterocycles. The Morgan fingerprint density at radius 3 is 2.43 bits per heavy atom. The van der Waals surface area contributed by atoms with Gasteiger partial charge in [0.25, 0.3) is 11.8 Å². The molecule has 328 valence electrons. The van der Waals surface area contributed by atoms with Crippen molar-refractivity contribution < 1.29 is 46.0 Å². The van der Waals surface area contributed by atoms with Gasteiger partial charge in [-0.15, -0.1) is 0 Å². The highest BCUT2D eigenvalue weighted by Gasteiger charge is 2.45. The number of fused-ring (bicyclic) bond motifs is 2. The van der Waals surface area contributed by atoms with Gasteiger partial charge in [0.15, 0.2) is 5.82 Å². The lowest BCUT2D eigenvalue weighted by Gasteiger charge is -2.27. The van der Waals surface area contributed by atoms with E-state index in [2.05, 4.69) is 30.6 Å². The molecule has 2 aromatic heterocycles. The second-order valence-corrected chi connectivity index (χ2v) is 17.3. The number of ketones is 1. The summed E-state index contributed by atoms with van der Waals surface area (Å²) in [5.74, 6) is -6.00. The zero-order valence-corrected chi connectivity index (χ0v) is 35.1. The molecule has 3 aromatic carbocycles. The van der Waals surface area contributed by atoms with Crippen molar-refractivity contribution in [3.05, 3.63) is 113 Å². The van der Waals surface area contributed by atoms with Crippen LogP contribution >= 0.6 is 0 Å². The number of H-pyrrole nitrogens is 1. The van der Waals surface area contributed by atoms with E-state index >= 15 is 4.39 Å². The fourth-order valence-electron chi connectivity index (χ4n) is 7.74. The molecular weight excluding hydrogens is 837 g/mol. The quantitative estimate of drug-likeness (QED) is 0.0351. The molecule has 4 heterocycles. The van der Waals surface area contributed by atoms with Gasteiger partial charge in [0.1, 0.15) is 17.5 Å². The molecule has 5 amide bonds. The second-order valence-electron chi connectivity index (χ2n) is 15.5. The number of rotatable bonds is 19. The molecule has 0 bridgehead atoms. The number of pyridine rings is 1. The number of nitrogens with one attached hydrogen (secondary N) is 5. The predicted molar refractivity (Wildman–Crippen MR) is 230 cm³/mol. The van der Waals surface area contributed by atoms with Crippen molar-refractivity contribution >= 4 is 67.8 Å². The summed E-state index contributed by atoms with van der Waals surface area (Å²) in [6.07, 6.45) is 7.79. The molecule has 1 atom stereocenters. The Balaban J connectivity index is 0.847. The number of nitrogens with zero attached hydrogens (tertiary/aromatic N) is 2. The fraction of sp³-hybridized carbons (Fsp3) is 0.311. The third kappa shape index (κ3) is 9.80. The number of halogens is 2. The van der Waals surface area contributed by atoms with E-state index in [0.717, 1.165) is 53.8 Å². The first kappa shape index (κ1) is 44.2. The topological polar surface area (TPSA) is 217 Å². The molecule has 2 aliphatic rings. The van der Waals surface area contributed by atoms with E-state index in [1.54, 1.807) is 37.4 Å². The van der Waals surface area contributed by atoms with Crippen molar-refractivity contribution in [3.8, 4) is 11.1 Å². The van der Waals surface area contributed by atoms with Gasteiger partial charge in [-0.1, -0.05) is 56.5 Å². The number of carbonyl (C=O) groups excluding carboxylic acids is 6. The largest absolute Gasteiger partial charge is 0.384 e. The van der Waals surface area contributed by atoms with Gasteiger partial charge in [-0.05, 0) is 67.1 Å². The minimum absolute atomic E-state index is 0.0471. The van der Waals surface area contributed by atoms with E-state index in [1.165, 1.54) is 6.20 Å². The maximum Gasteiger partial charge on any atom is 0.264 e. The monoisotopic (exact) mass is 881 g/mol. The van der Waals surface area contributed by atoms with E-state index < -0.39 is 68.4 Å². The highest BCUT2D eigenvalue weighted by Crippen LogP contribution is 2.33. The molecule has 7 rings (SSSR count). The number of piperidine rings is 1. The van der Waals surface area contributed by atoms with Crippen LogP contribution in [0.1, 0.15) is 107 Å². The maximum absolute atomic E-state index is 15.5. The number of aromatic amines is 1. The van der Waals surface area contributed by atoms with Gasteiger partial charge in [-0.3, -0.25) is 43.7 Å². The molecule has 15 nitrogen and oxygen atoms in total. The number of aromatic nitrogens is 2. The minimum Gasteiger partial charge on any atom is -0.384 e. The molecule has 5 aromatic rings. The summed E-state index contributed by atoms with van der Waals surface area (Å²) in [6, 6.07) is 14.7. The molecule has 1 fully saturated rings. The van der Waals surface area contributed by atoms with E-state index in [1.807, 2.05) is 24.3 Å². The lowest BCUT2D eigenvalue weighted by Crippen LogP contribution is -2.54. The number of carbonyl (C=O) groups is 6. The maximum atomic E-state index is 15.5. The Labute approximate surface area is 361 Å². The Kier molecular flexibility index (Phi) is 13.4. The highest BCUT2D eigenvalue weighted by atomic mass is 32.2. The third-order valence-corrected chi connectivity index (χ3v) is 12.4. The first-order valence-electron chi connectivity index (χ1n) is 20.7. The van der Waals surface area contributed by atoms with Gasteiger partial charge in [0, 0.05) is 60.5 Å². The molecule has 0 spiro atoms. The number of hydrogen-bond acceptors (Lipinski definition) is 10. The lowest BCUT2D eigenvalue weighted by atomic mass is 9.99. The van der Waals surface area contributed by atoms with Crippen molar-refractivity contribution in [2.75, 3.05) is 22.3 Å². The van der Waals surface area contributed by atoms with E-state index in [0.29, 0.717) is 48.2 Å². The molecule has 2 aliphatic heterocycles. The standard InChI is InChI=1S/C45H45F2N7O8S/c1-2-21-63(61,62)53-34-17-16-32(46)39(40(34)47)41(57)31-25-51-42-30(31)22-28(24-50-42)27-14-12-26(13-15-27)23-49-36(55)11-6-4-3-5-7-20-48-33-10-8-9-29-38(33)45(60)54(44(29)59)35-18-19-37(56)52-43(35)58/h8-10,12-17,22,24-25,35,48,53H,2-7,11,18-21,23H2,1H3,(H,49,55)(H,50,51)(H,52,56,58). The molecule has 0 radical (unpaired) electrons. The summed E-state index contributed by atoms with van der Waals surface area (Å²) in [6.45, 7) is 2.51. The normalized spacial score (nSPS) is 15.1. The third-order valence-electron chi connectivity index (χ3n) is 11.0. The minimum atomic E-state index is -3.91. The fourth-order valence-corrected chi connectivity index (χ4v) is 8.87. The number of unbranched alkanes of at least 4 members (excludes halogenated alkanes) is 4. The first-order chi connectivity index (χ1) is 30.3. The van der Waals surface area contributed by atoms with Crippen LogP contribution in [0, 0.1) is 11.6 Å². The van der Waals surface area contributed by atoms with Crippen molar-refractivity contribution in [3.63, 3.8) is 0 Å². The number of hydrogen-bond donors (Lipinski definition) is 5. The summed E-state index contributed by atoms with van der Waals surface area (Å²) in [4.78, 5) is 84.6. The molecular formula is C45H45F2N7O8S. The van der Waals surface area contributed by atoms with Gasteiger partial charge in [0.05, 0.1) is 28.1 Å². The molecule has 0 saturated carbocycles. The van der Waals surface area contributed by atoms with Gasteiger partial charge < -0.3 is 15.6 Å². The average Bonchev–Trinajstić information content (AvgIpc) is 3.79. The zero-order chi connectivity index (χ0) is 44.8. The summed E-state index contributed by atoms with van der Waals surface area (Å²) in [5, 5.41) is 8.70. The molecule has 18 heteroatoms. The second kappa shape index (κ2) is 19.1. The zero-order valence-electron chi connectivity index (χ0n) is 34.3. The average molecular weight is 882 g/mol. The van der Waals surface area contributed by atoms with Crippen molar-refractivity contribution in [1.82, 2.24) is 25.5 Å². The van der Waals surface area contributed by atoms with Crippen LogP contribution in [0.4, 0.5) is 20.2 Å². The van der Waals surface area contributed by atoms with Crippen LogP contribution in [-0.4, -0.2) is 76.9 Å².